The molecule has 1 aliphatic heterocycles. The Balaban J connectivity index is 1.16. The van der Waals surface area contributed by atoms with Crippen molar-refractivity contribution in [2.75, 3.05) is 13.1 Å². The van der Waals surface area contributed by atoms with Gasteiger partial charge >= 0.3 is 0 Å². The van der Waals surface area contributed by atoms with E-state index in [9.17, 15) is 0 Å². The number of hydrogen-bond donors (Lipinski definition) is 2. The predicted molar refractivity (Wildman–Crippen MR) is 155 cm³/mol. The van der Waals surface area contributed by atoms with Gasteiger partial charge in [-0.05, 0) is 138 Å². The Morgan fingerprint density at radius 3 is 2.35 bits per heavy atom. The minimum Gasteiger partial charge on any atom is -0.316 e. The highest BCUT2D eigenvalue weighted by atomic mass is 15.0. The predicted octanol–water partition coefficient (Wildman–Crippen LogP) is 8.26. The van der Waals surface area contributed by atoms with Gasteiger partial charge in [0, 0.05) is 12.1 Å². The zero-order chi connectivity index (χ0) is 24.6. The van der Waals surface area contributed by atoms with Crippen LogP contribution >= 0.6 is 0 Å². The van der Waals surface area contributed by atoms with Crippen molar-refractivity contribution in [3.63, 3.8) is 0 Å². The molecule has 1 heterocycles. The van der Waals surface area contributed by atoms with Gasteiger partial charge in [-0.25, -0.2) is 0 Å². The molecule has 2 nitrogen and oxygen atoms in total. The normalized spacial score (nSPS) is 39.8. The zero-order valence-corrected chi connectivity index (χ0v) is 23.6. The van der Waals surface area contributed by atoms with Gasteiger partial charge in [0.1, 0.15) is 0 Å². The molecule has 0 amide bonds. The molecule has 6 atom stereocenters. The number of allylic oxidation sites excluding steroid dienone is 4. The van der Waals surface area contributed by atoms with E-state index >= 15 is 0 Å². The lowest BCUT2D eigenvalue weighted by molar-refractivity contribution is 0.139. The lowest BCUT2D eigenvalue weighted by Gasteiger charge is -2.48. The minimum absolute atomic E-state index is 0.692. The van der Waals surface area contributed by atoms with Crippen molar-refractivity contribution in [3.8, 4) is 0 Å². The first-order valence-corrected chi connectivity index (χ1v) is 16.9. The molecule has 3 saturated carbocycles. The molecule has 204 valence electrons. The molecule has 7 rings (SSSR count). The van der Waals surface area contributed by atoms with Gasteiger partial charge in [-0.1, -0.05) is 66.5 Å². The van der Waals surface area contributed by atoms with Gasteiger partial charge in [0.15, 0.2) is 0 Å². The lowest BCUT2D eigenvalue weighted by Crippen LogP contribution is -2.50. The molecular formula is C35H54N2. The summed E-state index contributed by atoms with van der Waals surface area (Å²) in [6.07, 6.45) is 32.8. The van der Waals surface area contributed by atoms with E-state index < -0.39 is 0 Å². The van der Waals surface area contributed by atoms with Crippen LogP contribution in [-0.4, -0.2) is 25.2 Å². The summed E-state index contributed by atoms with van der Waals surface area (Å²) in [5.41, 5.74) is 7.62. The summed E-state index contributed by atoms with van der Waals surface area (Å²) < 4.78 is 0. The molecule has 6 aliphatic carbocycles. The van der Waals surface area contributed by atoms with Gasteiger partial charge in [0.2, 0.25) is 0 Å². The quantitative estimate of drug-likeness (QED) is 0.370. The van der Waals surface area contributed by atoms with E-state index in [2.05, 4.69) is 22.8 Å². The van der Waals surface area contributed by atoms with Crippen LogP contribution in [0.1, 0.15) is 122 Å². The zero-order valence-electron chi connectivity index (χ0n) is 23.6. The van der Waals surface area contributed by atoms with Crippen molar-refractivity contribution >= 4 is 0 Å². The summed E-state index contributed by atoms with van der Waals surface area (Å²) in [5, 5.41) is 7.97. The minimum atomic E-state index is 0.692. The first-order valence-electron chi connectivity index (χ1n) is 16.9. The maximum Gasteiger partial charge on any atom is 0.0176 e. The first-order chi connectivity index (χ1) is 18.3. The monoisotopic (exact) mass is 502 g/mol. The molecular weight excluding hydrogens is 448 g/mol. The van der Waals surface area contributed by atoms with Crippen molar-refractivity contribution in [3.05, 3.63) is 34.4 Å². The number of fused-ring (bicyclic) bond motifs is 2. The smallest absolute Gasteiger partial charge is 0.0176 e. The fraction of sp³-hybridized carbons (Fsp3) is 0.829. The van der Waals surface area contributed by atoms with Crippen LogP contribution in [0.4, 0.5) is 0 Å². The van der Waals surface area contributed by atoms with Crippen molar-refractivity contribution in [1.29, 1.82) is 0 Å². The molecule has 7 aliphatic rings. The summed E-state index contributed by atoms with van der Waals surface area (Å²) in [6.45, 7) is 2.59. The van der Waals surface area contributed by atoms with Crippen LogP contribution in [0.3, 0.4) is 0 Å². The summed E-state index contributed by atoms with van der Waals surface area (Å²) in [5.74, 6) is 5.35. The third-order valence-electron chi connectivity index (χ3n) is 12.3. The van der Waals surface area contributed by atoms with Crippen LogP contribution in [0.25, 0.3) is 0 Å². The Labute approximate surface area is 227 Å². The van der Waals surface area contributed by atoms with E-state index in [4.69, 9.17) is 0 Å². The molecule has 4 fully saturated rings. The second-order valence-corrected chi connectivity index (χ2v) is 14.3. The third-order valence-corrected chi connectivity index (χ3v) is 12.3. The Morgan fingerprint density at radius 1 is 0.676 bits per heavy atom. The average Bonchev–Trinajstić information content (AvgIpc) is 2.93. The standard InChI is InChI=1S/C35H54N2/c1-2-10-29(11-3-1)37-35-21-27(26-15-14-24-8-4-5-9-25(24)20-26)16-17-34(35)33-19-18-30(28-22-36-23-28)31-12-6-7-13-32(31)33/h16,20,24,26,28-31,34-37H,1-15,17-19,21-23H2. The Hall–Kier alpha value is -0.860. The SMILES string of the molecule is C1=C(C2C=C3CCCCC3CC2)CC(NC2CCCCC2)C(C2=C3CCCCC3C(C3CNC3)CC2)C1. The Kier molecular flexibility index (Phi) is 7.69. The van der Waals surface area contributed by atoms with Gasteiger partial charge in [-0.15, -0.1) is 0 Å². The first kappa shape index (κ1) is 25.1. The number of hydrogen-bond acceptors (Lipinski definition) is 2. The van der Waals surface area contributed by atoms with Crippen LogP contribution in [0.15, 0.2) is 34.4 Å². The van der Waals surface area contributed by atoms with Crippen LogP contribution in [0.5, 0.6) is 0 Å². The molecule has 6 unspecified atom stereocenters. The maximum absolute atomic E-state index is 4.38. The van der Waals surface area contributed by atoms with Gasteiger partial charge in [0.25, 0.3) is 0 Å². The van der Waals surface area contributed by atoms with E-state index in [1.165, 1.54) is 135 Å². The van der Waals surface area contributed by atoms with Crippen molar-refractivity contribution in [1.82, 2.24) is 10.6 Å². The molecule has 2 N–H and O–H groups in total. The second kappa shape index (κ2) is 11.3. The number of nitrogens with one attached hydrogen (secondary N) is 2. The number of rotatable bonds is 5. The molecule has 0 spiro atoms. The highest BCUT2D eigenvalue weighted by Gasteiger charge is 2.42. The summed E-state index contributed by atoms with van der Waals surface area (Å²) in [7, 11) is 0. The maximum atomic E-state index is 4.38. The highest BCUT2D eigenvalue weighted by Crippen LogP contribution is 2.51. The molecule has 0 bridgehead atoms. The summed E-state index contributed by atoms with van der Waals surface area (Å²) >= 11 is 0. The molecule has 0 aromatic heterocycles. The fourth-order valence-electron chi connectivity index (χ4n) is 10.2. The molecule has 0 aromatic carbocycles. The molecule has 0 radical (unpaired) electrons. The average molecular weight is 503 g/mol. The largest absolute Gasteiger partial charge is 0.316 e. The summed E-state index contributed by atoms with van der Waals surface area (Å²) in [6, 6.07) is 1.47. The lowest BCUT2D eigenvalue weighted by atomic mass is 9.60. The topological polar surface area (TPSA) is 24.1 Å². The van der Waals surface area contributed by atoms with E-state index in [0.717, 1.165) is 41.5 Å². The van der Waals surface area contributed by atoms with E-state index in [-0.39, 0.29) is 0 Å². The van der Waals surface area contributed by atoms with E-state index in [1.807, 2.05) is 22.3 Å². The van der Waals surface area contributed by atoms with Crippen LogP contribution < -0.4 is 10.6 Å². The Bertz CT molecular complexity index is 900. The fourth-order valence-corrected chi connectivity index (χ4v) is 10.2. The van der Waals surface area contributed by atoms with Gasteiger partial charge in [-0.2, -0.15) is 0 Å². The van der Waals surface area contributed by atoms with Crippen molar-refractivity contribution in [2.24, 2.45) is 35.5 Å². The van der Waals surface area contributed by atoms with Gasteiger partial charge in [-0.3, -0.25) is 0 Å². The second-order valence-electron chi connectivity index (χ2n) is 14.3. The van der Waals surface area contributed by atoms with Crippen LogP contribution in [0.2, 0.25) is 0 Å². The van der Waals surface area contributed by atoms with E-state index in [0.29, 0.717) is 6.04 Å². The van der Waals surface area contributed by atoms with E-state index in [1.54, 1.807) is 0 Å². The Morgan fingerprint density at radius 2 is 1.49 bits per heavy atom. The van der Waals surface area contributed by atoms with Gasteiger partial charge in [0.05, 0.1) is 0 Å². The van der Waals surface area contributed by atoms with Crippen molar-refractivity contribution in [2.45, 2.75) is 134 Å². The summed E-state index contributed by atoms with van der Waals surface area (Å²) in [4.78, 5) is 0. The van der Waals surface area contributed by atoms with Gasteiger partial charge < -0.3 is 10.6 Å². The van der Waals surface area contributed by atoms with Crippen LogP contribution in [-0.2, 0) is 0 Å². The van der Waals surface area contributed by atoms with Crippen LogP contribution in [0, 0.1) is 35.5 Å². The third kappa shape index (κ3) is 5.20. The molecule has 0 aromatic rings. The van der Waals surface area contributed by atoms with Crippen molar-refractivity contribution < 1.29 is 0 Å². The molecule has 2 heteroatoms. The highest BCUT2D eigenvalue weighted by molar-refractivity contribution is 5.32. The molecule has 37 heavy (non-hydrogen) atoms. The molecule has 1 saturated heterocycles.